The first-order chi connectivity index (χ1) is 19.6. The number of nitrogens with zero attached hydrogens (tertiary/aromatic N) is 2. The number of hydrogen-bond donors (Lipinski definition) is 1. The van der Waals surface area contributed by atoms with Crippen LogP contribution in [-0.4, -0.2) is 28.5 Å². The van der Waals surface area contributed by atoms with Gasteiger partial charge in [0.05, 0.1) is 12.7 Å². The molecule has 3 aromatic carbocycles. The Morgan fingerprint density at radius 2 is 1.60 bits per heavy atom. The van der Waals surface area contributed by atoms with Crippen LogP contribution < -0.4 is 14.8 Å². The Morgan fingerprint density at radius 3 is 2.35 bits per heavy atom. The van der Waals surface area contributed by atoms with Gasteiger partial charge in [-0.25, -0.2) is 9.78 Å². The number of nitrogens with one attached hydrogen (secondary N) is 1. The van der Waals surface area contributed by atoms with Crippen LogP contribution in [0.1, 0.15) is 42.5 Å². The zero-order valence-electron chi connectivity index (χ0n) is 22.3. The molecule has 1 fully saturated rings. The zero-order chi connectivity index (χ0) is 27.5. The van der Waals surface area contributed by atoms with Crippen molar-refractivity contribution < 1.29 is 14.3 Å². The average molecular weight is 597 g/mol. The molecule has 7 heteroatoms. The molecule has 0 radical (unpaired) electrons. The molecule has 0 bridgehead atoms. The van der Waals surface area contributed by atoms with Crippen LogP contribution in [0.15, 0.2) is 95.6 Å². The number of benzene rings is 3. The van der Waals surface area contributed by atoms with Gasteiger partial charge in [-0.05, 0) is 82.4 Å². The SMILES string of the molecule is COc1cc(-c2nc3ccc(Br)cn3c2NC2CCCCC2)ccc1OC(=O)c1ccc(-c2ccccc2)cc1. The van der Waals surface area contributed by atoms with Crippen LogP contribution in [0, 0.1) is 0 Å². The van der Waals surface area contributed by atoms with Crippen LogP contribution in [0.5, 0.6) is 11.5 Å². The molecule has 6 rings (SSSR count). The van der Waals surface area contributed by atoms with Gasteiger partial charge >= 0.3 is 5.97 Å². The van der Waals surface area contributed by atoms with Gasteiger partial charge in [0.2, 0.25) is 0 Å². The van der Waals surface area contributed by atoms with Crippen LogP contribution >= 0.6 is 15.9 Å². The summed E-state index contributed by atoms with van der Waals surface area (Å²) in [5.41, 5.74) is 5.16. The highest BCUT2D eigenvalue weighted by Crippen LogP contribution is 2.37. The van der Waals surface area contributed by atoms with Crippen LogP contribution in [0.2, 0.25) is 0 Å². The number of methoxy groups -OCH3 is 1. The molecule has 1 N–H and O–H groups in total. The first kappa shape index (κ1) is 26.1. The molecule has 0 unspecified atom stereocenters. The van der Waals surface area contributed by atoms with Crippen molar-refractivity contribution in [2.24, 2.45) is 0 Å². The lowest BCUT2D eigenvalue weighted by atomic mass is 9.95. The average Bonchev–Trinajstić information content (AvgIpc) is 3.35. The predicted molar refractivity (Wildman–Crippen MR) is 162 cm³/mol. The maximum Gasteiger partial charge on any atom is 0.343 e. The number of pyridine rings is 1. The second-order valence-corrected chi connectivity index (χ2v) is 11.0. The van der Waals surface area contributed by atoms with Gasteiger partial charge in [-0.2, -0.15) is 0 Å². The lowest BCUT2D eigenvalue weighted by Gasteiger charge is -2.24. The Balaban J connectivity index is 1.28. The van der Waals surface area contributed by atoms with E-state index in [1.165, 1.54) is 19.3 Å². The summed E-state index contributed by atoms with van der Waals surface area (Å²) in [4.78, 5) is 18.0. The molecule has 0 amide bonds. The molecular formula is C33H30BrN3O3. The fraction of sp³-hybridized carbons (Fsp3) is 0.212. The first-order valence-electron chi connectivity index (χ1n) is 13.6. The molecular weight excluding hydrogens is 566 g/mol. The Morgan fingerprint density at radius 1 is 0.875 bits per heavy atom. The van der Waals surface area contributed by atoms with E-state index in [1.807, 2.05) is 72.9 Å². The number of ether oxygens (including phenoxy) is 2. The van der Waals surface area contributed by atoms with Crippen molar-refractivity contribution in [2.75, 3.05) is 12.4 Å². The minimum atomic E-state index is -0.442. The topological polar surface area (TPSA) is 64.9 Å². The molecule has 202 valence electrons. The Kier molecular flexibility index (Phi) is 7.55. The number of carbonyl (C=O) groups is 1. The smallest absolute Gasteiger partial charge is 0.343 e. The molecule has 1 aliphatic carbocycles. The summed E-state index contributed by atoms with van der Waals surface area (Å²) in [5, 5.41) is 3.77. The molecule has 0 aliphatic heterocycles. The van der Waals surface area contributed by atoms with E-state index in [0.29, 0.717) is 23.1 Å². The molecule has 1 saturated carbocycles. The number of carbonyl (C=O) groups excluding carboxylic acids is 1. The van der Waals surface area contributed by atoms with Gasteiger partial charge in [-0.15, -0.1) is 0 Å². The maximum absolute atomic E-state index is 13.0. The summed E-state index contributed by atoms with van der Waals surface area (Å²) >= 11 is 3.60. The van der Waals surface area contributed by atoms with Crippen LogP contribution in [-0.2, 0) is 0 Å². The second kappa shape index (κ2) is 11.6. The third kappa shape index (κ3) is 5.47. The van der Waals surface area contributed by atoms with Crippen molar-refractivity contribution in [3.63, 3.8) is 0 Å². The van der Waals surface area contributed by atoms with E-state index in [4.69, 9.17) is 14.5 Å². The van der Waals surface area contributed by atoms with Crippen LogP contribution in [0.3, 0.4) is 0 Å². The van der Waals surface area contributed by atoms with E-state index >= 15 is 0 Å². The summed E-state index contributed by atoms with van der Waals surface area (Å²) in [7, 11) is 1.58. The molecule has 2 aromatic heterocycles. The molecule has 6 nitrogen and oxygen atoms in total. The molecule has 1 aliphatic rings. The quantitative estimate of drug-likeness (QED) is 0.151. The number of esters is 1. The van der Waals surface area contributed by atoms with Gasteiger partial charge in [0.25, 0.3) is 0 Å². The summed E-state index contributed by atoms with van der Waals surface area (Å²) in [6.07, 6.45) is 8.08. The molecule has 40 heavy (non-hydrogen) atoms. The van der Waals surface area contributed by atoms with Crippen LogP contribution in [0.25, 0.3) is 28.0 Å². The Labute approximate surface area is 242 Å². The third-order valence-electron chi connectivity index (χ3n) is 7.40. The fourth-order valence-corrected chi connectivity index (χ4v) is 5.62. The van der Waals surface area contributed by atoms with Crippen molar-refractivity contribution in [1.29, 1.82) is 0 Å². The molecule has 0 spiro atoms. The number of anilines is 1. The normalized spacial score (nSPS) is 13.8. The summed E-state index contributed by atoms with van der Waals surface area (Å²) < 4.78 is 14.5. The maximum atomic E-state index is 13.0. The molecule has 5 aromatic rings. The van der Waals surface area contributed by atoms with Gasteiger partial charge < -0.3 is 14.8 Å². The molecule has 0 atom stereocenters. The van der Waals surface area contributed by atoms with E-state index in [1.54, 1.807) is 25.3 Å². The van der Waals surface area contributed by atoms with Gasteiger partial charge in [-0.1, -0.05) is 61.7 Å². The minimum Gasteiger partial charge on any atom is -0.493 e. The Hall–Kier alpha value is -4.10. The minimum absolute atomic E-state index is 0.358. The number of rotatable bonds is 7. The van der Waals surface area contributed by atoms with Crippen molar-refractivity contribution >= 4 is 33.4 Å². The highest BCUT2D eigenvalue weighted by Gasteiger charge is 2.21. The highest BCUT2D eigenvalue weighted by atomic mass is 79.9. The van der Waals surface area contributed by atoms with Gasteiger partial charge in [0.1, 0.15) is 17.2 Å². The number of halogens is 1. The van der Waals surface area contributed by atoms with Crippen LogP contribution in [0.4, 0.5) is 5.82 Å². The van der Waals surface area contributed by atoms with E-state index in [-0.39, 0.29) is 0 Å². The Bertz CT molecular complexity index is 1640. The third-order valence-corrected chi connectivity index (χ3v) is 7.86. The van der Waals surface area contributed by atoms with Crippen molar-refractivity contribution in [3.05, 3.63) is 101 Å². The predicted octanol–water partition coefficient (Wildman–Crippen LogP) is 8.40. The number of hydrogen-bond acceptors (Lipinski definition) is 5. The number of fused-ring (bicyclic) bond motifs is 1. The summed E-state index contributed by atoms with van der Waals surface area (Å²) in [6.45, 7) is 0. The summed E-state index contributed by atoms with van der Waals surface area (Å²) in [6, 6.07) is 27.4. The fourth-order valence-electron chi connectivity index (χ4n) is 5.29. The lowest BCUT2D eigenvalue weighted by molar-refractivity contribution is 0.0730. The largest absolute Gasteiger partial charge is 0.493 e. The highest BCUT2D eigenvalue weighted by molar-refractivity contribution is 9.10. The van der Waals surface area contributed by atoms with Gasteiger partial charge in [0, 0.05) is 22.3 Å². The number of imidazole rings is 1. The molecule has 0 saturated heterocycles. The second-order valence-electron chi connectivity index (χ2n) is 10.1. The molecule has 2 heterocycles. The van der Waals surface area contributed by atoms with E-state index in [2.05, 4.69) is 25.6 Å². The van der Waals surface area contributed by atoms with Gasteiger partial charge in [-0.3, -0.25) is 4.40 Å². The monoisotopic (exact) mass is 595 g/mol. The zero-order valence-corrected chi connectivity index (χ0v) is 23.9. The van der Waals surface area contributed by atoms with Gasteiger partial charge in [0.15, 0.2) is 11.5 Å². The van der Waals surface area contributed by atoms with E-state index in [9.17, 15) is 4.79 Å². The van der Waals surface area contributed by atoms with E-state index in [0.717, 1.165) is 51.2 Å². The summed E-state index contributed by atoms with van der Waals surface area (Å²) in [5.74, 6) is 1.33. The van der Waals surface area contributed by atoms with Crippen molar-refractivity contribution in [1.82, 2.24) is 9.38 Å². The standard InChI is InChI=1S/C33H30BrN3O3/c1-39-29-20-25(31-32(35-27-10-6-3-7-11-27)37-21-26(34)17-19-30(37)36-31)16-18-28(29)40-33(38)24-14-12-23(13-15-24)22-8-4-2-5-9-22/h2,4-5,8-9,12-21,27,35H,3,6-7,10-11H2,1H3. The first-order valence-corrected chi connectivity index (χ1v) is 14.4. The number of aromatic nitrogens is 2. The van der Waals surface area contributed by atoms with Crippen molar-refractivity contribution in [2.45, 2.75) is 38.1 Å². The lowest BCUT2D eigenvalue weighted by Crippen LogP contribution is -2.23. The van der Waals surface area contributed by atoms with E-state index < -0.39 is 5.97 Å². The van der Waals surface area contributed by atoms with Crippen molar-refractivity contribution in [3.8, 4) is 33.9 Å².